The van der Waals surface area contributed by atoms with Gasteiger partial charge in [-0.05, 0) is 37.0 Å². The van der Waals surface area contributed by atoms with E-state index in [-0.39, 0.29) is 0 Å². The maximum atomic E-state index is 11.9. The molecule has 2 heterocycles. The van der Waals surface area contributed by atoms with Gasteiger partial charge in [0.2, 0.25) is 11.0 Å². The van der Waals surface area contributed by atoms with Crippen LogP contribution in [-0.2, 0) is 17.6 Å². The number of hydrogen-bond acceptors (Lipinski definition) is 7. The lowest BCUT2D eigenvalue weighted by Gasteiger charge is -2.13. The van der Waals surface area contributed by atoms with Crippen molar-refractivity contribution in [2.75, 3.05) is 5.73 Å². The Morgan fingerprint density at radius 2 is 1.73 bits per heavy atom. The van der Waals surface area contributed by atoms with Gasteiger partial charge in [0.15, 0.2) is 0 Å². The number of nitrogens with two attached hydrogens (primary N) is 2. The third kappa shape index (κ3) is 4.60. The number of amides is 1. The van der Waals surface area contributed by atoms with Crippen molar-refractivity contribution in [3.8, 4) is 0 Å². The Kier molecular flexibility index (Phi) is 5.85. The molecule has 0 saturated heterocycles. The van der Waals surface area contributed by atoms with E-state index >= 15 is 0 Å². The highest BCUT2D eigenvalue weighted by molar-refractivity contribution is 7.15. The Balaban J connectivity index is 1.58. The number of nitrogens with zero attached hydrogens (tertiary/aromatic N) is 4. The second-order valence-electron chi connectivity index (χ2n) is 5.94. The van der Waals surface area contributed by atoms with Crippen LogP contribution in [0.1, 0.15) is 40.7 Å². The first-order valence-corrected chi connectivity index (χ1v) is 9.20. The van der Waals surface area contributed by atoms with E-state index in [0.717, 1.165) is 41.9 Å². The van der Waals surface area contributed by atoms with E-state index in [1.54, 1.807) is 0 Å². The molecule has 1 unspecified atom stereocenters. The van der Waals surface area contributed by atoms with Crippen molar-refractivity contribution in [1.82, 2.24) is 20.4 Å². The molecule has 0 fully saturated rings. The van der Waals surface area contributed by atoms with Gasteiger partial charge in [0.25, 0.3) is 0 Å². The first-order chi connectivity index (χ1) is 12.6. The minimum absolute atomic E-state index is 0.436. The van der Waals surface area contributed by atoms with Gasteiger partial charge in [-0.1, -0.05) is 41.7 Å². The van der Waals surface area contributed by atoms with Crippen molar-refractivity contribution in [2.45, 2.75) is 31.6 Å². The Bertz CT molecular complexity index is 850. The minimum Gasteiger partial charge on any atom is -0.374 e. The Morgan fingerprint density at radius 3 is 2.35 bits per heavy atom. The van der Waals surface area contributed by atoms with Crippen LogP contribution in [0.25, 0.3) is 0 Å². The largest absolute Gasteiger partial charge is 0.374 e. The van der Waals surface area contributed by atoms with Crippen molar-refractivity contribution in [2.24, 2.45) is 5.73 Å². The third-order valence-electron chi connectivity index (χ3n) is 4.01. The average molecular weight is 368 g/mol. The fourth-order valence-corrected chi connectivity index (χ4v) is 3.38. The SMILES string of the molecule is NC(=O)C(c1ccccc1)c1ccc(CCCCc2nnc(N)s2)nn1. The molecule has 0 spiro atoms. The lowest BCUT2D eigenvalue weighted by molar-refractivity contribution is -0.118. The monoisotopic (exact) mass is 368 g/mol. The van der Waals surface area contributed by atoms with Crippen LogP contribution in [0.5, 0.6) is 0 Å². The molecule has 26 heavy (non-hydrogen) atoms. The molecular weight excluding hydrogens is 348 g/mol. The molecule has 2 aromatic heterocycles. The highest BCUT2D eigenvalue weighted by Crippen LogP contribution is 2.22. The summed E-state index contributed by atoms with van der Waals surface area (Å²) in [6.45, 7) is 0. The van der Waals surface area contributed by atoms with Crippen molar-refractivity contribution in [3.05, 3.63) is 64.4 Å². The van der Waals surface area contributed by atoms with Crippen LogP contribution in [0.3, 0.4) is 0 Å². The Labute approximate surface area is 155 Å². The summed E-state index contributed by atoms with van der Waals surface area (Å²) in [5, 5.41) is 17.8. The number of unbranched alkanes of at least 4 members (excludes halogenated alkanes) is 1. The molecule has 0 saturated carbocycles. The second kappa shape index (κ2) is 8.48. The number of primary amides is 1. The number of aryl methyl sites for hydroxylation is 2. The van der Waals surface area contributed by atoms with E-state index in [1.807, 2.05) is 42.5 Å². The molecule has 3 aromatic rings. The molecule has 1 amide bonds. The van der Waals surface area contributed by atoms with E-state index < -0.39 is 11.8 Å². The van der Waals surface area contributed by atoms with Crippen molar-refractivity contribution >= 4 is 22.4 Å². The second-order valence-corrected chi connectivity index (χ2v) is 7.03. The molecule has 0 aliphatic carbocycles. The molecular formula is C18H20N6OS. The first kappa shape index (κ1) is 17.9. The molecule has 0 bridgehead atoms. The molecule has 1 atom stereocenters. The van der Waals surface area contributed by atoms with Crippen LogP contribution in [0.4, 0.5) is 5.13 Å². The minimum atomic E-state index is -0.583. The van der Waals surface area contributed by atoms with Gasteiger partial charge >= 0.3 is 0 Å². The standard InChI is InChI=1S/C18H20N6OS/c19-17(25)16(12-6-2-1-3-7-12)14-11-10-13(21-22-14)8-4-5-9-15-23-24-18(20)26-15/h1-3,6-7,10-11,16H,4-5,8-9H2,(H2,19,25)(H2,20,24). The number of carbonyl (C=O) groups excluding carboxylic acids is 1. The van der Waals surface area contributed by atoms with E-state index in [9.17, 15) is 4.79 Å². The van der Waals surface area contributed by atoms with E-state index in [0.29, 0.717) is 10.8 Å². The topological polar surface area (TPSA) is 121 Å². The van der Waals surface area contributed by atoms with Crippen molar-refractivity contribution in [3.63, 3.8) is 0 Å². The normalized spacial score (nSPS) is 12.0. The van der Waals surface area contributed by atoms with Crippen LogP contribution < -0.4 is 11.5 Å². The zero-order valence-electron chi connectivity index (χ0n) is 14.2. The van der Waals surface area contributed by atoms with Crippen molar-refractivity contribution < 1.29 is 4.79 Å². The fourth-order valence-electron chi connectivity index (χ4n) is 2.73. The summed E-state index contributed by atoms with van der Waals surface area (Å²) in [6.07, 6.45) is 3.61. The quantitative estimate of drug-likeness (QED) is 0.587. The number of benzene rings is 1. The van der Waals surface area contributed by atoms with Gasteiger partial charge in [-0.15, -0.1) is 10.2 Å². The van der Waals surface area contributed by atoms with Gasteiger partial charge in [-0.25, -0.2) is 0 Å². The van der Waals surface area contributed by atoms with Gasteiger partial charge in [-0.3, -0.25) is 4.79 Å². The summed E-state index contributed by atoms with van der Waals surface area (Å²) in [5.74, 6) is -1.02. The summed E-state index contributed by atoms with van der Waals surface area (Å²) in [5.41, 5.74) is 13.4. The maximum Gasteiger partial charge on any atom is 0.231 e. The molecule has 0 aliphatic heterocycles. The van der Waals surface area contributed by atoms with Gasteiger partial charge in [0, 0.05) is 6.42 Å². The van der Waals surface area contributed by atoms with Crippen LogP contribution in [0.15, 0.2) is 42.5 Å². The number of hydrogen-bond donors (Lipinski definition) is 2. The van der Waals surface area contributed by atoms with Gasteiger partial charge in [0.05, 0.1) is 11.4 Å². The Hall–Kier alpha value is -2.87. The van der Waals surface area contributed by atoms with Gasteiger partial charge in [-0.2, -0.15) is 10.2 Å². The van der Waals surface area contributed by atoms with Crippen LogP contribution in [0.2, 0.25) is 0 Å². The first-order valence-electron chi connectivity index (χ1n) is 8.38. The molecule has 0 radical (unpaired) electrons. The Morgan fingerprint density at radius 1 is 0.962 bits per heavy atom. The lowest BCUT2D eigenvalue weighted by atomic mass is 9.95. The smallest absolute Gasteiger partial charge is 0.231 e. The summed E-state index contributed by atoms with van der Waals surface area (Å²) < 4.78 is 0. The molecule has 4 N–H and O–H groups in total. The maximum absolute atomic E-state index is 11.9. The highest BCUT2D eigenvalue weighted by atomic mass is 32.1. The number of rotatable bonds is 8. The molecule has 0 aliphatic rings. The highest BCUT2D eigenvalue weighted by Gasteiger charge is 2.21. The zero-order valence-corrected chi connectivity index (χ0v) is 15.0. The molecule has 8 heteroatoms. The fraction of sp³-hybridized carbons (Fsp3) is 0.278. The molecule has 3 rings (SSSR count). The number of nitrogen functional groups attached to an aromatic ring is 1. The molecule has 1 aromatic carbocycles. The summed E-state index contributed by atoms with van der Waals surface area (Å²) in [6, 6.07) is 13.1. The molecule has 134 valence electrons. The number of aromatic nitrogens is 4. The lowest BCUT2D eigenvalue weighted by Crippen LogP contribution is -2.23. The van der Waals surface area contributed by atoms with Gasteiger partial charge in [0.1, 0.15) is 10.9 Å². The van der Waals surface area contributed by atoms with E-state index in [4.69, 9.17) is 11.5 Å². The van der Waals surface area contributed by atoms with Gasteiger partial charge < -0.3 is 11.5 Å². The van der Waals surface area contributed by atoms with Crippen LogP contribution in [0, 0.1) is 0 Å². The van der Waals surface area contributed by atoms with E-state index in [2.05, 4.69) is 20.4 Å². The summed E-state index contributed by atoms with van der Waals surface area (Å²) >= 11 is 1.42. The van der Waals surface area contributed by atoms with Crippen LogP contribution in [-0.4, -0.2) is 26.3 Å². The summed E-state index contributed by atoms with van der Waals surface area (Å²) in [4.78, 5) is 11.9. The number of carbonyl (C=O) groups is 1. The predicted molar refractivity (Wildman–Crippen MR) is 100 cm³/mol. The van der Waals surface area contributed by atoms with E-state index in [1.165, 1.54) is 11.3 Å². The third-order valence-corrected chi connectivity index (χ3v) is 4.82. The number of anilines is 1. The zero-order chi connectivity index (χ0) is 18.4. The molecule has 7 nitrogen and oxygen atoms in total. The van der Waals surface area contributed by atoms with Crippen LogP contribution >= 0.6 is 11.3 Å². The predicted octanol–water partition coefficient (Wildman–Crippen LogP) is 2.09. The average Bonchev–Trinajstić information content (AvgIpc) is 3.06. The van der Waals surface area contributed by atoms with Crippen molar-refractivity contribution in [1.29, 1.82) is 0 Å². The summed E-state index contributed by atoms with van der Waals surface area (Å²) in [7, 11) is 0.